The number of nitrogens with zero attached hydrogens (tertiary/aromatic N) is 2. The Kier molecular flexibility index (Phi) is 4.72. The molecule has 110 valence electrons. The summed E-state index contributed by atoms with van der Waals surface area (Å²) >= 11 is 1.45. The average Bonchev–Trinajstić information content (AvgIpc) is 2.95. The van der Waals surface area contributed by atoms with Crippen molar-refractivity contribution in [3.05, 3.63) is 10.6 Å². The smallest absolute Gasteiger partial charge is 0.320 e. The SMILES string of the molecule is CCc1nc(NC(=O)CN2CCC[C@@H]2C(=O)O)sc1C. The Morgan fingerprint density at radius 2 is 2.30 bits per heavy atom. The summed E-state index contributed by atoms with van der Waals surface area (Å²) in [6.45, 7) is 4.76. The maximum Gasteiger partial charge on any atom is 0.320 e. The highest BCUT2D eigenvalue weighted by molar-refractivity contribution is 7.15. The third-order valence-corrected chi connectivity index (χ3v) is 4.40. The molecule has 0 aliphatic carbocycles. The molecule has 2 rings (SSSR count). The van der Waals surface area contributed by atoms with Crippen LogP contribution in [0.25, 0.3) is 0 Å². The van der Waals surface area contributed by atoms with Crippen molar-refractivity contribution in [3.63, 3.8) is 0 Å². The Hall–Kier alpha value is -1.47. The van der Waals surface area contributed by atoms with Gasteiger partial charge in [0, 0.05) is 4.88 Å². The van der Waals surface area contributed by atoms with E-state index in [1.54, 1.807) is 4.90 Å². The molecular weight excluding hydrogens is 278 g/mol. The van der Waals surface area contributed by atoms with Crippen LogP contribution in [0.15, 0.2) is 0 Å². The number of thiazole rings is 1. The molecule has 1 aliphatic heterocycles. The molecule has 1 saturated heterocycles. The fourth-order valence-electron chi connectivity index (χ4n) is 2.45. The first-order valence-corrected chi connectivity index (χ1v) is 7.56. The van der Waals surface area contributed by atoms with Crippen LogP contribution in [0.4, 0.5) is 5.13 Å². The van der Waals surface area contributed by atoms with Crippen molar-refractivity contribution in [2.75, 3.05) is 18.4 Å². The molecule has 20 heavy (non-hydrogen) atoms. The van der Waals surface area contributed by atoms with Gasteiger partial charge in [0.25, 0.3) is 0 Å². The number of amides is 1. The summed E-state index contributed by atoms with van der Waals surface area (Å²) in [6, 6.07) is -0.537. The minimum atomic E-state index is -0.853. The average molecular weight is 297 g/mol. The van der Waals surface area contributed by atoms with E-state index in [0.29, 0.717) is 18.1 Å². The summed E-state index contributed by atoms with van der Waals surface area (Å²) in [6.07, 6.45) is 2.27. The zero-order chi connectivity index (χ0) is 14.7. The molecule has 0 bridgehead atoms. The lowest BCUT2D eigenvalue weighted by Gasteiger charge is -2.19. The number of likely N-dealkylation sites (tertiary alicyclic amines) is 1. The van der Waals surface area contributed by atoms with Gasteiger partial charge in [0.1, 0.15) is 6.04 Å². The Morgan fingerprint density at radius 1 is 1.55 bits per heavy atom. The van der Waals surface area contributed by atoms with Crippen molar-refractivity contribution < 1.29 is 14.7 Å². The van der Waals surface area contributed by atoms with Gasteiger partial charge in [0.05, 0.1) is 12.2 Å². The minimum Gasteiger partial charge on any atom is -0.480 e. The highest BCUT2D eigenvalue weighted by Gasteiger charge is 2.31. The van der Waals surface area contributed by atoms with Gasteiger partial charge in [-0.25, -0.2) is 4.98 Å². The number of carbonyl (C=O) groups is 2. The normalized spacial score (nSPS) is 19.2. The first kappa shape index (κ1) is 14.9. The number of aromatic nitrogens is 1. The number of aliphatic carboxylic acids is 1. The van der Waals surface area contributed by atoms with E-state index >= 15 is 0 Å². The Morgan fingerprint density at radius 3 is 2.90 bits per heavy atom. The van der Waals surface area contributed by atoms with Crippen LogP contribution in [0.1, 0.15) is 30.3 Å². The van der Waals surface area contributed by atoms with Crippen molar-refractivity contribution >= 4 is 28.3 Å². The van der Waals surface area contributed by atoms with E-state index in [0.717, 1.165) is 23.4 Å². The van der Waals surface area contributed by atoms with Gasteiger partial charge >= 0.3 is 5.97 Å². The molecule has 1 aromatic heterocycles. The fraction of sp³-hybridized carbons (Fsp3) is 0.615. The number of carboxylic acid groups (broad SMARTS) is 1. The highest BCUT2D eigenvalue weighted by atomic mass is 32.1. The number of carboxylic acids is 1. The minimum absolute atomic E-state index is 0.108. The van der Waals surface area contributed by atoms with Crippen molar-refractivity contribution in [3.8, 4) is 0 Å². The zero-order valence-corrected chi connectivity index (χ0v) is 12.5. The largest absolute Gasteiger partial charge is 0.480 e. The maximum absolute atomic E-state index is 12.0. The van der Waals surface area contributed by atoms with E-state index < -0.39 is 12.0 Å². The van der Waals surface area contributed by atoms with Crippen LogP contribution >= 0.6 is 11.3 Å². The van der Waals surface area contributed by atoms with Gasteiger partial charge in [-0.3, -0.25) is 14.5 Å². The van der Waals surface area contributed by atoms with Crippen molar-refractivity contribution in [2.24, 2.45) is 0 Å². The number of carbonyl (C=O) groups excluding carboxylic acids is 1. The van der Waals surface area contributed by atoms with Crippen LogP contribution in [0.3, 0.4) is 0 Å². The maximum atomic E-state index is 12.0. The van der Waals surface area contributed by atoms with Crippen LogP contribution in [0.2, 0.25) is 0 Å². The van der Waals surface area contributed by atoms with E-state index in [9.17, 15) is 9.59 Å². The molecule has 0 radical (unpaired) electrons. The van der Waals surface area contributed by atoms with Crippen molar-refractivity contribution in [2.45, 2.75) is 39.2 Å². The van der Waals surface area contributed by atoms with Gasteiger partial charge in [-0.2, -0.15) is 0 Å². The molecule has 1 fully saturated rings. The third kappa shape index (κ3) is 3.34. The molecular formula is C13H19N3O3S. The molecule has 1 amide bonds. The van der Waals surface area contributed by atoms with E-state index in [1.165, 1.54) is 11.3 Å². The number of anilines is 1. The Balaban J connectivity index is 1.93. The molecule has 2 heterocycles. The van der Waals surface area contributed by atoms with Crippen LogP contribution in [-0.2, 0) is 16.0 Å². The van der Waals surface area contributed by atoms with Gasteiger partial charge in [-0.15, -0.1) is 11.3 Å². The summed E-state index contributed by atoms with van der Waals surface area (Å²) in [5.41, 5.74) is 0.995. The lowest BCUT2D eigenvalue weighted by atomic mass is 10.2. The standard InChI is InChI=1S/C13H19N3O3S/c1-3-9-8(2)20-13(14-9)15-11(17)7-16-6-4-5-10(16)12(18)19/h10H,3-7H2,1-2H3,(H,18,19)(H,14,15,17)/t10-/m1/s1. The molecule has 1 aromatic rings. The van der Waals surface area contributed by atoms with Gasteiger partial charge in [-0.1, -0.05) is 6.92 Å². The lowest BCUT2D eigenvalue weighted by Crippen LogP contribution is -2.40. The van der Waals surface area contributed by atoms with Crippen molar-refractivity contribution in [1.29, 1.82) is 0 Å². The van der Waals surface area contributed by atoms with Crippen LogP contribution in [0, 0.1) is 6.92 Å². The summed E-state index contributed by atoms with van der Waals surface area (Å²) in [5.74, 6) is -1.05. The molecule has 7 heteroatoms. The van der Waals surface area contributed by atoms with E-state index in [4.69, 9.17) is 5.11 Å². The number of hydrogen-bond donors (Lipinski definition) is 2. The van der Waals surface area contributed by atoms with E-state index in [-0.39, 0.29) is 12.5 Å². The Bertz CT molecular complexity index is 515. The molecule has 6 nitrogen and oxygen atoms in total. The first-order valence-electron chi connectivity index (χ1n) is 6.74. The zero-order valence-electron chi connectivity index (χ0n) is 11.7. The second kappa shape index (κ2) is 6.32. The topological polar surface area (TPSA) is 82.5 Å². The molecule has 0 saturated carbocycles. The van der Waals surface area contributed by atoms with E-state index in [1.807, 2.05) is 13.8 Å². The monoisotopic (exact) mass is 297 g/mol. The second-order valence-corrected chi connectivity index (χ2v) is 6.09. The van der Waals surface area contributed by atoms with Gasteiger partial charge in [-0.05, 0) is 32.7 Å². The van der Waals surface area contributed by atoms with Gasteiger partial charge < -0.3 is 10.4 Å². The van der Waals surface area contributed by atoms with E-state index in [2.05, 4.69) is 10.3 Å². The number of rotatable bonds is 5. The van der Waals surface area contributed by atoms with Gasteiger partial charge in [0.15, 0.2) is 5.13 Å². The van der Waals surface area contributed by atoms with Crippen LogP contribution in [0.5, 0.6) is 0 Å². The molecule has 0 spiro atoms. The predicted molar refractivity (Wildman–Crippen MR) is 77.1 cm³/mol. The summed E-state index contributed by atoms with van der Waals surface area (Å²) in [5, 5.41) is 12.4. The van der Waals surface area contributed by atoms with Crippen molar-refractivity contribution in [1.82, 2.24) is 9.88 Å². The lowest BCUT2D eigenvalue weighted by molar-refractivity contribution is -0.142. The highest BCUT2D eigenvalue weighted by Crippen LogP contribution is 2.23. The summed E-state index contributed by atoms with van der Waals surface area (Å²) in [7, 11) is 0. The second-order valence-electron chi connectivity index (χ2n) is 4.89. The summed E-state index contributed by atoms with van der Waals surface area (Å²) < 4.78 is 0. The fourth-order valence-corrected chi connectivity index (χ4v) is 3.37. The molecule has 2 N–H and O–H groups in total. The third-order valence-electron chi connectivity index (χ3n) is 3.47. The number of hydrogen-bond acceptors (Lipinski definition) is 5. The molecule has 0 aromatic carbocycles. The van der Waals surface area contributed by atoms with Gasteiger partial charge in [0.2, 0.25) is 5.91 Å². The predicted octanol–water partition coefficient (Wildman–Crippen LogP) is 1.50. The van der Waals surface area contributed by atoms with Crippen LogP contribution in [-0.4, -0.2) is 46.0 Å². The first-order chi connectivity index (χ1) is 9.51. The van der Waals surface area contributed by atoms with Crippen LogP contribution < -0.4 is 5.32 Å². The Labute approximate surface area is 121 Å². The molecule has 1 atom stereocenters. The number of nitrogens with one attached hydrogen (secondary N) is 1. The summed E-state index contributed by atoms with van der Waals surface area (Å²) in [4.78, 5) is 30.2. The molecule has 0 unspecified atom stereocenters. The quantitative estimate of drug-likeness (QED) is 0.860. The number of aryl methyl sites for hydroxylation is 2. The molecule has 1 aliphatic rings.